The fourth-order valence-electron chi connectivity index (χ4n) is 3.33. The van der Waals surface area contributed by atoms with Crippen LogP contribution in [0.2, 0.25) is 0 Å². The molecule has 2 saturated carbocycles. The molecule has 2 bridgehead atoms. The number of carboxylic acids is 1. The zero-order valence-corrected chi connectivity index (χ0v) is 9.91. The van der Waals surface area contributed by atoms with Gasteiger partial charge in [0.25, 0.3) is 0 Å². The van der Waals surface area contributed by atoms with E-state index >= 15 is 0 Å². The lowest BCUT2D eigenvalue weighted by Gasteiger charge is -2.29. The monoisotopic (exact) mass is 223 g/mol. The second-order valence-electron chi connectivity index (χ2n) is 5.21. The third-order valence-corrected chi connectivity index (χ3v) is 4.29. The molecule has 0 heterocycles. The van der Waals surface area contributed by atoms with Gasteiger partial charge in [-0.05, 0) is 37.5 Å². The van der Waals surface area contributed by atoms with E-state index in [0.717, 1.165) is 31.4 Å². The predicted octanol–water partition coefficient (Wildman–Crippen LogP) is 2.04. The first-order valence-electron chi connectivity index (χ1n) is 6.26. The van der Waals surface area contributed by atoms with Crippen molar-refractivity contribution in [3.63, 3.8) is 0 Å². The molecule has 0 aliphatic heterocycles. The number of rotatable bonds is 5. The highest BCUT2D eigenvalue weighted by atomic mass is 16.4. The lowest BCUT2D eigenvalue weighted by molar-refractivity contribution is -0.144. The number of nitrogens with one attached hydrogen (secondary N) is 1. The molecule has 4 unspecified atom stereocenters. The van der Waals surface area contributed by atoms with E-state index in [9.17, 15) is 9.90 Å². The summed E-state index contributed by atoms with van der Waals surface area (Å²) in [7, 11) is 0. The molecule has 2 rings (SSSR count). The van der Waals surface area contributed by atoms with Crippen LogP contribution in [0.3, 0.4) is 0 Å². The fourth-order valence-corrected chi connectivity index (χ4v) is 3.33. The van der Waals surface area contributed by atoms with Gasteiger partial charge in [-0.15, -0.1) is 0 Å². The smallest absolute Gasteiger partial charge is 0.308 e. The summed E-state index contributed by atoms with van der Waals surface area (Å²) in [5, 5.41) is 12.7. The molecule has 2 aliphatic carbocycles. The quantitative estimate of drug-likeness (QED) is 0.701. The van der Waals surface area contributed by atoms with Crippen LogP contribution in [0.5, 0.6) is 0 Å². The van der Waals surface area contributed by atoms with E-state index in [4.69, 9.17) is 0 Å². The first-order chi connectivity index (χ1) is 7.63. The Balaban J connectivity index is 1.96. The van der Waals surface area contributed by atoms with Crippen LogP contribution in [0.4, 0.5) is 0 Å². The topological polar surface area (TPSA) is 49.3 Å². The zero-order valence-electron chi connectivity index (χ0n) is 9.91. The summed E-state index contributed by atoms with van der Waals surface area (Å²) in [6, 6.07) is 0.180. The maximum Gasteiger partial charge on any atom is 0.308 e. The van der Waals surface area contributed by atoms with E-state index in [0.29, 0.717) is 11.8 Å². The average molecular weight is 223 g/mol. The molecule has 2 fully saturated rings. The highest BCUT2D eigenvalue weighted by molar-refractivity contribution is 5.72. The minimum atomic E-state index is -0.619. The molecule has 4 atom stereocenters. The van der Waals surface area contributed by atoms with E-state index in [1.54, 1.807) is 0 Å². The van der Waals surface area contributed by atoms with Gasteiger partial charge in [-0.2, -0.15) is 0 Å². The fraction of sp³-hybridized carbons (Fsp3) is 0.769. The molecular weight excluding hydrogens is 202 g/mol. The van der Waals surface area contributed by atoms with Crippen LogP contribution in [0.1, 0.15) is 32.6 Å². The third-order valence-electron chi connectivity index (χ3n) is 4.29. The van der Waals surface area contributed by atoms with Crippen LogP contribution < -0.4 is 5.32 Å². The largest absolute Gasteiger partial charge is 0.481 e. The van der Waals surface area contributed by atoms with Crippen LogP contribution in [0.15, 0.2) is 12.2 Å². The number of carbonyl (C=O) groups is 1. The van der Waals surface area contributed by atoms with Gasteiger partial charge in [0, 0.05) is 12.6 Å². The molecule has 2 aliphatic rings. The lowest BCUT2D eigenvalue weighted by atomic mass is 9.84. The molecule has 16 heavy (non-hydrogen) atoms. The highest BCUT2D eigenvalue weighted by Gasteiger charge is 2.50. The Morgan fingerprint density at radius 1 is 1.44 bits per heavy atom. The van der Waals surface area contributed by atoms with Gasteiger partial charge in [0.15, 0.2) is 0 Å². The lowest BCUT2D eigenvalue weighted by Crippen LogP contribution is -2.44. The van der Waals surface area contributed by atoms with Gasteiger partial charge in [-0.1, -0.05) is 19.1 Å². The van der Waals surface area contributed by atoms with Crippen molar-refractivity contribution < 1.29 is 9.90 Å². The van der Waals surface area contributed by atoms with Crippen molar-refractivity contribution in [2.45, 2.75) is 38.6 Å². The number of fused-ring (bicyclic) bond motifs is 2. The molecule has 90 valence electrons. The molecule has 0 aromatic rings. The molecule has 3 nitrogen and oxygen atoms in total. The van der Waals surface area contributed by atoms with Gasteiger partial charge in [0.05, 0.1) is 5.92 Å². The first-order valence-corrected chi connectivity index (χ1v) is 6.26. The summed E-state index contributed by atoms with van der Waals surface area (Å²) in [6.07, 6.45) is 4.37. The van der Waals surface area contributed by atoms with E-state index in [1.165, 1.54) is 6.42 Å². The summed E-state index contributed by atoms with van der Waals surface area (Å²) in [4.78, 5) is 11.3. The van der Waals surface area contributed by atoms with Crippen molar-refractivity contribution in [2.75, 3.05) is 6.54 Å². The molecule has 0 aromatic heterocycles. The van der Waals surface area contributed by atoms with Crippen LogP contribution in [0.25, 0.3) is 0 Å². The minimum absolute atomic E-state index is 0.164. The number of hydrogen-bond acceptors (Lipinski definition) is 2. The Labute approximate surface area is 96.9 Å². The van der Waals surface area contributed by atoms with Crippen molar-refractivity contribution in [2.24, 2.45) is 17.8 Å². The summed E-state index contributed by atoms with van der Waals surface area (Å²) in [5.74, 6) is 0.209. The Morgan fingerprint density at radius 2 is 2.12 bits per heavy atom. The number of aliphatic carboxylic acids is 1. The second-order valence-corrected chi connectivity index (χ2v) is 5.21. The SMILES string of the molecule is C=C(CC)CNC1C2CCC(C2)C1C(=O)O. The van der Waals surface area contributed by atoms with Crippen LogP contribution in [-0.4, -0.2) is 23.7 Å². The van der Waals surface area contributed by atoms with E-state index < -0.39 is 5.97 Å². The molecule has 3 heteroatoms. The van der Waals surface area contributed by atoms with Gasteiger partial charge in [-0.3, -0.25) is 4.79 Å². The number of hydrogen-bond donors (Lipinski definition) is 2. The van der Waals surface area contributed by atoms with E-state index in [1.807, 2.05) is 0 Å². The molecule has 0 spiro atoms. The summed E-state index contributed by atoms with van der Waals surface area (Å²) in [6.45, 7) is 6.81. The summed E-state index contributed by atoms with van der Waals surface area (Å²) >= 11 is 0. The molecular formula is C13H21NO2. The van der Waals surface area contributed by atoms with Crippen molar-refractivity contribution in [3.05, 3.63) is 12.2 Å². The van der Waals surface area contributed by atoms with Crippen molar-refractivity contribution in [1.29, 1.82) is 0 Å². The van der Waals surface area contributed by atoms with Crippen molar-refractivity contribution >= 4 is 5.97 Å². The van der Waals surface area contributed by atoms with Gasteiger partial charge < -0.3 is 10.4 Å². The van der Waals surface area contributed by atoms with Gasteiger partial charge >= 0.3 is 5.97 Å². The Bertz CT molecular complexity index is 300. The first kappa shape index (κ1) is 11.6. The van der Waals surface area contributed by atoms with Crippen LogP contribution in [0, 0.1) is 17.8 Å². The maximum absolute atomic E-state index is 11.3. The Hall–Kier alpha value is -0.830. The van der Waals surface area contributed by atoms with Crippen molar-refractivity contribution in [1.82, 2.24) is 5.32 Å². The van der Waals surface area contributed by atoms with Crippen LogP contribution >= 0.6 is 0 Å². The molecule has 0 saturated heterocycles. The average Bonchev–Trinajstić information content (AvgIpc) is 2.84. The van der Waals surface area contributed by atoms with E-state index in [2.05, 4.69) is 18.8 Å². The predicted molar refractivity (Wildman–Crippen MR) is 63.2 cm³/mol. The molecule has 0 amide bonds. The highest BCUT2D eigenvalue weighted by Crippen LogP contribution is 2.48. The third kappa shape index (κ3) is 2.01. The van der Waals surface area contributed by atoms with Gasteiger partial charge in [-0.25, -0.2) is 0 Å². The normalized spacial score (nSPS) is 36.6. The zero-order chi connectivity index (χ0) is 11.7. The molecule has 0 radical (unpaired) electrons. The van der Waals surface area contributed by atoms with Gasteiger partial charge in [0.2, 0.25) is 0 Å². The summed E-state index contributed by atoms with van der Waals surface area (Å²) in [5.41, 5.74) is 1.16. The summed E-state index contributed by atoms with van der Waals surface area (Å²) < 4.78 is 0. The van der Waals surface area contributed by atoms with Crippen molar-refractivity contribution in [3.8, 4) is 0 Å². The standard InChI is InChI=1S/C13H21NO2/c1-3-8(2)7-14-12-10-5-4-9(6-10)11(12)13(15)16/h9-12,14H,2-7H2,1H3,(H,15,16). The minimum Gasteiger partial charge on any atom is -0.481 e. The molecule has 0 aromatic carbocycles. The Kier molecular flexibility index (Phi) is 3.33. The Morgan fingerprint density at radius 3 is 2.75 bits per heavy atom. The molecule has 2 N–H and O–H groups in total. The van der Waals surface area contributed by atoms with E-state index in [-0.39, 0.29) is 12.0 Å². The van der Waals surface area contributed by atoms with Gasteiger partial charge in [0.1, 0.15) is 0 Å². The van der Waals surface area contributed by atoms with Crippen LogP contribution in [-0.2, 0) is 4.79 Å². The maximum atomic E-state index is 11.3. The second kappa shape index (κ2) is 4.58. The number of carboxylic acid groups (broad SMARTS) is 1.